The molecular weight excluding hydrogens is 464 g/mol. The molecule has 1 atom stereocenters. The summed E-state index contributed by atoms with van der Waals surface area (Å²) in [4.78, 5) is 40.4. The highest BCUT2D eigenvalue weighted by molar-refractivity contribution is 5.89. The summed E-state index contributed by atoms with van der Waals surface area (Å²) >= 11 is 0. The van der Waals surface area contributed by atoms with Gasteiger partial charge in [-0.15, -0.1) is 0 Å². The van der Waals surface area contributed by atoms with Gasteiger partial charge in [0, 0.05) is 0 Å². The summed E-state index contributed by atoms with van der Waals surface area (Å²) in [5.41, 5.74) is -2.07. The molecule has 0 spiro atoms. The first-order valence-electron chi connectivity index (χ1n) is 11.1. The van der Waals surface area contributed by atoms with Crippen LogP contribution >= 0.6 is 0 Å². The zero-order chi connectivity index (χ0) is 24.6. The number of hydrogen-bond donors (Lipinski definition) is 1. The van der Waals surface area contributed by atoms with Crippen LogP contribution in [0.4, 0.5) is 0 Å². The zero-order valence-corrected chi connectivity index (χ0v) is 18.3. The lowest BCUT2D eigenvalue weighted by Crippen LogP contribution is -2.29. The minimum Gasteiger partial charge on any atom is -0.507 e. The summed E-state index contributed by atoms with van der Waals surface area (Å²) in [6, 6.07) is 19.7. The summed E-state index contributed by atoms with van der Waals surface area (Å²) in [6.07, 6.45) is 0. The highest BCUT2D eigenvalue weighted by Gasteiger charge is 2.41. The Balaban J connectivity index is 1.69. The first kappa shape index (κ1) is 20.3. The first-order valence-corrected chi connectivity index (χ1v) is 11.1. The Morgan fingerprint density at radius 1 is 0.583 bits per heavy atom. The Morgan fingerprint density at radius 3 is 1.81 bits per heavy atom. The van der Waals surface area contributed by atoms with Gasteiger partial charge in [0.15, 0.2) is 5.75 Å². The number of benzene rings is 3. The molecule has 1 aliphatic rings. The average molecular weight is 478 g/mol. The molecule has 3 aromatic heterocycles. The van der Waals surface area contributed by atoms with E-state index in [1.54, 1.807) is 66.7 Å². The molecule has 0 saturated carbocycles. The molecule has 0 fully saturated rings. The lowest BCUT2D eigenvalue weighted by Gasteiger charge is -2.26. The summed E-state index contributed by atoms with van der Waals surface area (Å²) in [5.74, 6) is -1.89. The lowest BCUT2D eigenvalue weighted by atomic mass is 9.83. The van der Waals surface area contributed by atoms with Crippen molar-refractivity contribution in [1.82, 2.24) is 0 Å². The number of fused-ring (bicyclic) bond motifs is 6. The van der Waals surface area contributed by atoms with Gasteiger partial charge >= 0.3 is 11.3 Å². The number of rotatable bonds is 1. The number of ether oxygens (including phenoxy) is 1. The van der Waals surface area contributed by atoms with Gasteiger partial charge in [-0.1, -0.05) is 36.4 Å². The second-order valence-corrected chi connectivity index (χ2v) is 8.44. The fourth-order valence-corrected chi connectivity index (χ4v) is 4.88. The van der Waals surface area contributed by atoms with E-state index in [9.17, 15) is 19.5 Å². The fourth-order valence-electron chi connectivity index (χ4n) is 4.88. The molecule has 0 saturated heterocycles. The van der Waals surface area contributed by atoms with Crippen molar-refractivity contribution in [1.29, 1.82) is 0 Å². The van der Waals surface area contributed by atoms with Gasteiger partial charge in [-0.2, -0.15) is 0 Å². The predicted molar refractivity (Wildman–Crippen MR) is 130 cm³/mol. The van der Waals surface area contributed by atoms with Gasteiger partial charge in [-0.05, 0) is 36.4 Å². The van der Waals surface area contributed by atoms with Crippen LogP contribution in [0.5, 0.6) is 17.4 Å². The average Bonchev–Trinajstić information content (AvgIpc) is 2.88. The van der Waals surface area contributed by atoms with Crippen molar-refractivity contribution < 1.29 is 23.1 Å². The van der Waals surface area contributed by atoms with E-state index in [1.807, 2.05) is 0 Å². The van der Waals surface area contributed by atoms with Crippen LogP contribution in [0.2, 0.25) is 0 Å². The van der Waals surface area contributed by atoms with Crippen molar-refractivity contribution in [2.24, 2.45) is 0 Å². The predicted octanol–water partition coefficient (Wildman–Crippen LogP) is 5.00. The van der Waals surface area contributed by atoms with Crippen molar-refractivity contribution in [3.8, 4) is 17.4 Å². The Bertz CT molecular complexity index is 2030. The Labute approximate surface area is 200 Å². The topological polar surface area (TPSA) is 120 Å². The van der Waals surface area contributed by atoms with Crippen LogP contribution in [-0.4, -0.2) is 5.11 Å². The van der Waals surface area contributed by atoms with Crippen LogP contribution in [0.3, 0.4) is 0 Å². The maximum Gasteiger partial charge on any atom is 0.344 e. The molecular formula is C28H14O8. The molecule has 0 amide bonds. The Morgan fingerprint density at radius 2 is 1.11 bits per heavy atom. The van der Waals surface area contributed by atoms with Gasteiger partial charge in [-0.25, -0.2) is 9.59 Å². The van der Waals surface area contributed by atoms with E-state index in [1.165, 1.54) is 6.07 Å². The van der Waals surface area contributed by atoms with Gasteiger partial charge in [0.05, 0.1) is 38.8 Å². The number of para-hydroxylation sites is 3. The summed E-state index contributed by atoms with van der Waals surface area (Å²) in [7, 11) is 0. The van der Waals surface area contributed by atoms with Crippen molar-refractivity contribution in [2.45, 2.75) is 5.92 Å². The number of aromatic hydroxyl groups is 1. The summed E-state index contributed by atoms with van der Waals surface area (Å²) < 4.78 is 23.0. The molecule has 0 aliphatic carbocycles. The molecule has 8 heteroatoms. The largest absolute Gasteiger partial charge is 0.507 e. The van der Waals surface area contributed by atoms with E-state index in [0.717, 1.165) is 0 Å². The lowest BCUT2D eigenvalue weighted by molar-refractivity contribution is 0.328. The van der Waals surface area contributed by atoms with Crippen LogP contribution in [-0.2, 0) is 0 Å². The van der Waals surface area contributed by atoms with Crippen molar-refractivity contribution in [3.63, 3.8) is 0 Å². The van der Waals surface area contributed by atoms with Gasteiger partial charge < -0.3 is 23.1 Å². The number of hydrogen-bond acceptors (Lipinski definition) is 8. The molecule has 3 aromatic carbocycles. The highest BCUT2D eigenvalue weighted by Crippen LogP contribution is 2.49. The fraction of sp³-hybridized carbons (Fsp3) is 0.0357. The molecule has 36 heavy (non-hydrogen) atoms. The Kier molecular flexibility index (Phi) is 4.05. The van der Waals surface area contributed by atoms with Crippen molar-refractivity contribution in [2.75, 3.05) is 0 Å². The second-order valence-electron chi connectivity index (χ2n) is 8.44. The molecule has 8 nitrogen and oxygen atoms in total. The molecule has 0 bridgehead atoms. The van der Waals surface area contributed by atoms with Crippen LogP contribution in [0.25, 0.3) is 32.9 Å². The highest BCUT2D eigenvalue weighted by atomic mass is 16.6. The van der Waals surface area contributed by atoms with E-state index < -0.39 is 28.3 Å². The van der Waals surface area contributed by atoms with Crippen LogP contribution in [0.15, 0.2) is 100 Å². The molecule has 1 N–H and O–H groups in total. The van der Waals surface area contributed by atoms with Crippen LogP contribution in [0, 0.1) is 0 Å². The molecule has 6 aromatic rings. The van der Waals surface area contributed by atoms with Crippen molar-refractivity contribution >= 4 is 32.9 Å². The van der Waals surface area contributed by atoms with Crippen molar-refractivity contribution in [3.05, 3.63) is 121 Å². The molecule has 4 heterocycles. The minimum atomic E-state index is -1.37. The van der Waals surface area contributed by atoms with Gasteiger partial charge in [0.1, 0.15) is 22.5 Å². The van der Waals surface area contributed by atoms with Crippen LogP contribution < -0.4 is 21.4 Å². The Hall–Kier alpha value is -5.11. The monoisotopic (exact) mass is 478 g/mol. The smallest absolute Gasteiger partial charge is 0.344 e. The molecule has 0 radical (unpaired) electrons. The third-order valence-electron chi connectivity index (χ3n) is 6.48. The summed E-state index contributed by atoms with van der Waals surface area (Å²) in [5, 5.41) is 12.2. The molecule has 7 rings (SSSR count). The first-order chi connectivity index (χ1) is 17.5. The maximum absolute atomic E-state index is 13.7. The van der Waals surface area contributed by atoms with Gasteiger partial charge in [0.2, 0.25) is 5.43 Å². The minimum absolute atomic E-state index is 0.0738. The molecule has 1 unspecified atom stereocenters. The zero-order valence-electron chi connectivity index (χ0n) is 18.3. The summed E-state index contributed by atoms with van der Waals surface area (Å²) in [6.45, 7) is 0. The van der Waals surface area contributed by atoms with E-state index in [0.29, 0.717) is 5.39 Å². The maximum atomic E-state index is 13.7. The van der Waals surface area contributed by atoms with E-state index in [-0.39, 0.29) is 55.9 Å². The van der Waals surface area contributed by atoms with E-state index >= 15 is 0 Å². The third kappa shape index (κ3) is 2.66. The van der Waals surface area contributed by atoms with Gasteiger partial charge in [0.25, 0.3) is 5.95 Å². The van der Waals surface area contributed by atoms with E-state index in [4.69, 9.17) is 18.0 Å². The van der Waals surface area contributed by atoms with E-state index in [2.05, 4.69) is 0 Å². The molecule has 1 aliphatic heterocycles. The third-order valence-corrected chi connectivity index (χ3v) is 6.48. The van der Waals surface area contributed by atoms with Crippen LogP contribution in [0.1, 0.15) is 22.6 Å². The molecule has 174 valence electrons. The second kappa shape index (κ2) is 7.19. The quantitative estimate of drug-likeness (QED) is 0.328. The SMILES string of the molecule is O=c1oc2ccccc2c(O)c1C1c2c(c3ccccc3oc2=O)Oc2oc3ccccc3c(=O)c21. The standard InChI is InChI=1S/C28H14O8/c29-23-13-7-1-4-10-16(13)33-26(31)20(23)19-21-24(30)14-8-2-5-11-17(14)35-28(21)36-25-15-9-3-6-12-18(15)34-27(32)22(19)25/h1-12,19,29H. The normalized spacial score (nSPS) is 14.5. The van der Waals surface area contributed by atoms with Gasteiger partial charge in [-0.3, -0.25) is 4.79 Å².